The molecule has 0 saturated heterocycles. The molecule has 3 heteroatoms. The minimum absolute atomic E-state index is 0.0407. The monoisotopic (exact) mass is 282 g/mol. The molecule has 0 bridgehead atoms. The SMILES string of the molecule is CN(C(=O)c1ccc(C(C)(C)C)cc1)c1cccc(N)c1. The Morgan fingerprint density at radius 2 is 1.67 bits per heavy atom. The van der Waals surface area contributed by atoms with E-state index in [0.717, 1.165) is 5.69 Å². The van der Waals surface area contributed by atoms with Crippen LogP contribution in [0, 0.1) is 0 Å². The summed E-state index contributed by atoms with van der Waals surface area (Å²) in [6.07, 6.45) is 0. The maximum Gasteiger partial charge on any atom is 0.258 e. The molecule has 0 aliphatic heterocycles. The van der Waals surface area contributed by atoms with E-state index in [4.69, 9.17) is 5.73 Å². The van der Waals surface area contributed by atoms with Crippen LogP contribution in [-0.2, 0) is 5.41 Å². The first-order valence-corrected chi connectivity index (χ1v) is 7.03. The fraction of sp³-hybridized carbons (Fsp3) is 0.278. The zero-order valence-electron chi connectivity index (χ0n) is 13.1. The summed E-state index contributed by atoms with van der Waals surface area (Å²) >= 11 is 0. The minimum Gasteiger partial charge on any atom is -0.399 e. The lowest BCUT2D eigenvalue weighted by molar-refractivity contribution is 0.0993. The average Bonchev–Trinajstić information content (AvgIpc) is 2.45. The van der Waals surface area contributed by atoms with Gasteiger partial charge >= 0.3 is 0 Å². The van der Waals surface area contributed by atoms with Gasteiger partial charge in [0.1, 0.15) is 0 Å². The highest BCUT2D eigenvalue weighted by Gasteiger charge is 2.16. The molecule has 0 aliphatic carbocycles. The lowest BCUT2D eigenvalue weighted by Crippen LogP contribution is -2.26. The summed E-state index contributed by atoms with van der Waals surface area (Å²) in [7, 11) is 1.76. The lowest BCUT2D eigenvalue weighted by Gasteiger charge is -2.21. The molecule has 3 nitrogen and oxygen atoms in total. The predicted octanol–water partition coefficient (Wildman–Crippen LogP) is 3.84. The molecule has 21 heavy (non-hydrogen) atoms. The number of rotatable bonds is 2. The van der Waals surface area contributed by atoms with Crippen molar-refractivity contribution < 1.29 is 4.79 Å². The highest BCUT2D eigenvalue weighted by molar-refractivity contribution is 6.05. The number of anilines is 2. The van der Waals surface area contributed by atoms with Crippen LogP contribution in [-0.4, -0.2) is 13.0 Å². The van der Waals surface area contributed by atoms with E-state index < -0.39 is 0 Å². The summed E-state index contributed by atoms with van der Waals surface area (Å²) in [5.74, 6) is -0.0407. The third-order valence-corrected chi connectivity index (χ3v) is 3.56. The molecular weight excluding hydrogens is 260 g/mol. The van der Waals surface area contributed by atoms with E-state index in [1.807, 2.05) is 36.4 Å². The summed E-state index contributed by atoms with van der Waals surface area (Å²) in [5.41, 5.74) is 9.18. The minimum atomic E-state index is -0.0407. The van der Waals surface area contributed by atoms with Gasteiger partial charge in [0.15, 0.2) is 0 Å². The second kappa shape index (κ2) is 5.60. The topological polar surface area (TPSA) is 46.3 Å². The molecule has 2 rings (SSSR count). The molecule has 0 spiro atoms. The summed E-state index contributed by atoms with van der Waals surface area (Å²) in [5, 5.41) is 0. The van der Waals surface area contributed by atoms with Crippen molar-refractivity contribution >= 4 is 17.3 Å². The van der Waals surface area contributed by atoms with E-state index >= 15 is 0 Å². The smallest absolute Gasteiger partial charge is 0.258 e. The van der Waals surface area contributed by atoms with E-state index in [-0.39, 0.29) is 11.3 Å². The molecular formula is C18H22N2O. The fourth-order valence-electron chi connectivity index (χ4n) is 2.16. The molecule has 0 atom stereocenters. The van der Waals surface area contributed by atoms with Gasteiger partial charge in [-0.05, 0) is 41.3 Å². The molecule has 0 saturated carbocycles. The summed E-state index contributed by atoms with van der Waals surface area (Å²) in [6, 6.07) is 15.1. The number of nitrogens with two attached hydrogens (primary N) is 1. The largest absolute Gasteiger partial charge is 0.399 e. The Labute approximate surface area is 126 Å². The molecule has 1 amide bonds. The van der Waals surface area contributed by atoms with Gasteiger partial charge < -0.3 is 10.6 Å². The van der Waals surface area contributed by atoms with Gasteiger partial charge in [0.05, 0.1) is 0 Å². The van der Waals surface area contributed by atoms with E-state index in [1.165, 1.54) is 5.56 Å². The molecule has 110 valence electrons. The first-order chi connectivity index (χ1) is 9.79. The molecule has 0 fully saturated rings. The van der Waals surface area contributed by atoms with Gasteiger partial charge in [-0.15, -0.1) is 0 Å². The van der Waals surface area contributed by atoms with Gasteiger partial charge in [0, 0.05) is 24.0 Å². The zero-order valence-corrected chi connectivity index (χ0v) is 13.1. The van der Waals surface area contributed by atoms with E-state index in [1.54, 1.807) is 24.1 Å². The van der Waals surface area contributed by atoms with Gasteiger partial charge in [-0.25, -0.2) is 0 Å². The van der Waals surface area contributed by atoms with Crippen LogP contribution in [0.25, 0.3) is 0 Å². The van der Waals surface area contributed by atoms with Gasteiger partial charge in [0.2, 0.25) is 0 Å². The standard InChI is InChI=1S/C18H22N2O/c1-18(2,3)14-10-8-13(9-11-14)17(21)20(4)16-7-5-6-15(19)12-16/h5-12H,19H2,1-4H3. The molecule has 0 aromatic heterocycles. The number of amides is 1. The summed E-state index contributed by atoms with van der Waals surface area (Å²) in [6.45, 7) is 6.47. The third-order valence-electron chi connectivity index (χ3n) is 3.56. The average molecular weight is 282 g/mol. The van der Waals surface area contributed by atoms with Crippen molar-refractivity contribution in [2.45, 2.75) is 26.2 Å². The van der Waals surface area contributed by atoms with Crippen LogP contribution in [0.5, 0.6) is 0 Å². The van der Waals surface area contributed by atoms with Gasteiger partial charge in [-0.1, -0.05) is 39.0 Å². The molecule has 0 radical (unpaired) electrons. The van der Waals surface area contributed by atoms with Crippen LogP contribution in [0.1, 0.15) is 36.7 Å². The van der Waals surface area contributed by atoms with E-state index in [2.05, 4.69) is 20.8 Å². The van der Waals surface area contributed by atoms with E-state index in [0.29, 0.717) is 11.3 Å². The first kappa shape index (κ1) is 15.1. The second-order valence-electron chi connectivity index (χ2n) is 6.29. The van der Waals surface area contributed by atoms with Crippen LogP contribution in [0.2, 0.25) is 0 Å². The highest BCUT2D eigenvalue weighted by Crippen LogP contribution is 2.23. The fourth-order valence-corrected chi connectivity index (χ4v) is 2.16. The zero-order chi connectivity index (χ0) is 15.6. The maximum atomic E-state index is 12.5. The van der Waals surface area contributed by atoms with Crippen LogP contribution in [0.3, 0.4) is 0 Å². The Bertz CT molecular complexity index is 639. The number of hydrogen-bond acceptors (Lipinski definition) is 2. The third kappa shape index (κ3) is 3.43. The Morgan fingerprint density at radius 3 is 2.19 bits per heavy atom. The number of hydrogen-bond donors (Lipinski definition) is 1. The molecule has 0 unspecified atom stereocenters. The second-order valence-corrected chi connectivity index (χ2v) is 6.29. The summed E-state index contributed by atoms with van der Waals surface area (Å²) in [4.78, 5) is 14.1. The van der Waals surface area contributed by atoms with Crippen molar-refractivity contribution in [1.29, 1.82) is 0 Å². The summed E-state index contributed by atoms with van der Waals surface area (Å²) < 4.78 is 0. The molecule has 0 aliphatic rings. The quantitative estimate of drug-likeness (QED) is 0.851. The highest BCUT2D eigenvalue weighted by atomic mass is 16.2. The lowest BCUT2D eigenvalue weighted by atomic mass is 9.86. The van der Waals surface area contributed by atoms with Crippen LogP contribution in [0.15, 0.2) is 48.5 Å². The molecule has 2 N–H and O–H groups in total. The number of benzene rings is 2. The van der Waals surface area contributed by atoms with Gasteiger partial charge in [-0.2, -0.15) is 0 Å². The van der Waals surface area contributed by atoms with Gasteiger partial charge in [-0.3, -0.25) is 4.79 Å². The maximum absolute atomic E-state index is 12.5. The molecule has 2 aromatic carbocycles. The molecule has 0 heterocycles. The van der Waals surface area contributed by atoms with Crippen LogP contribution in [0.4, 0.5) is 11.4 Å². The predicted molar refractivity (Wildman–Crippen MR) is 88.7 cm³/mol. The van der Waals surface area contributed by atoms with Crippen molar-refractivity contribution in [3.63, 3.8) is 0 Å². The van der Waals surface area contributed by atoms with Crippen molar-refractivity contribution in [3.05, 3.63) is 59.7 Å². The Kier molecular flexibility index (Phi) is 4.03. The Morgan fingerprint density at radius 1 is 1.05 bits per heavy atom. The number of nitrogen functional groups attached to an aromatic ring is 1. The van der Waals surface area contributed by atoms with Crippen molar-refractivity contribution in [3.8, 4) is 0 Å². The Hall–Kier alpha value is -2.29. The molecule has 2 aromatic rings. The Balaban J connectivity index is 2.24. The number of carbonyl (C=O) groups excluding carboxylic acids is 1. The van der Waals surface area contributed by atoms with E-state index in [9.17, 15) is 4.79 Å². The number of carbonyl (C=O) groups is 1. The van der Waals surface area contributed by atoms with Crippen molar-refractivity contribution in [2.24, 2.45) is 0 Å². The number of nitrogens with zero attached hydrogens (tertiary/aromatic N) is 1. The van der Waals surface area contributed by atoms with Crippen molar-refractivity contribution in [1.82, 2.24) is 0 Å². The first-order valence-electron chi connectivity index (χ1n) is 7.03. The van der Waals surface area contributed by atoms with Crippen molar-refractivity contribution in [2.75, 3.05) is 17.7 Å². The van der Waals surface area contributed by atoms with Crippen LogP contribution >= 0.6 is 0 Å². The van der Waals surface area contributed by atoms with Crippen LogP contribution < -0.4 is 10.6 Å². The van der Waals surface area contributed by atoms with Gasteiger partial charge in [0.25, 0.3) is 5.91 Å². The normalized spacial score (nSPS) is 11.2.